The number of thioether (sulfide) groups is 1. The number of benzene rings is 3. The first-order valence-electron chi connectivity index (χ1n) is 8.92. The summed E-state index contributed by atoms with van der Waals surface area (Å²) in [6, 6.07) is 16.4. The van der Waals surface area contributed by atoms with Gasteiger partial charge in [-0.1, -0.05) is 47.6 Å². The Morgan fingerprint density at radius 3 is 2.61 bits per heavy atom. The summed E-state index contributed by atoms with van der Waals surface area (Å²) in [7, 11) is -3.91. The van der Waals surface area contributed by atoms with E-state index in [9.17, 15) is 17.6 Å². The molecule has 0 unspecified atom stereocenters. The topological polar surface area (TPSA) is 89.3 Å². The fourth-order valence-corrected chi connectivity index (χ4v) is 4.81. The number of rotatable bonds is 7. The average molecular weight is 477 g/mol. The number of oxazole rings is 1. The number of hydrogen-bond acceptors (Lipinski definition) is 6. The highest BCUT2D eigenvalue weighted by Gasteiger charge is 2.19. The van der Waals surface area contributed by atoms with Crippen molar-refractivity contribution in [3.63, 3.8) is 0 Å². The first kappa shape index (κ1) is 21.4. The third-order valence-corrected chi connectivity index (χ3v) is 6.79. The van der Waals surface area contributed by atoms with Gasteiger partial charge < -0.3 is 4.42 Å². The molecule has 0 amide bonds. The van der Waals surface area contributed by atoms with Gasteiger partial charge in [0.2, 0.25) is 0 Å². The second kappa shape index (κ2) is 8.70. The minimum Gasteiger partial charge on any atom is -0.431 e. The molecule has 0 aliphatic heterocycles. The zero-order valence-corrected chi connectivity index (χ0v) is 18.1. The molecule has 0 atom stereocenters. The second-order valence-electron chi connectivity index (χ2n) is 6.39. The maximum atomic E-state index is 13.7. The molecule has 4 rings (SSSR count). The second-order valence-corrected chi connectivity index (χ2v) is 9.40. The molecular weight excluding hydrogens is 463 g/mol. The molecule has 0 fully saturated rings. The number of halogens is 2. The summed E-state index contributed by atoms with van der Waals surface area (Å²) in [5.41, 5.74) is 0.912. The molecule has 6 nitrogen and oxygen atoms in total. The van der Waals surface area contributed by atoms with Crippen molar-refractivity contribution in [3.8, 4) is 0 Å². The van der Waals surface area contributed by atoms with E-state index in [1.807, 2.05) is 0 Å². The molecule has 158 valence electrons. The van der Waals surface area contributed by atoms with E-state index >= 15 is 0 Å². The molecule has 0 aliphatic rings. The van der Waals surface area contributed by atoms with Crippen molar-refractivity contribution >= 4 is 56.0 Å². The van der Waals surface area contributed by atoms with Crippen LogP contribution in [0, 0.1) is 5.82 Å². The van der Waals surface area contributed by atoms with Gasteiger partial charge in [-0.25, -0.2) is 17.8 Å². The lowest BCUT2D eigenvalue weighted by Crippen LogP contribution is -2.13. The summed E-state index contributed by atoms with van der Waals surface area (Å²) < 4.78 is 47.1. The third-order valence-electron chi connectivity index (χ3n) is 4.27. The van der Waals surface area contributed by atoms with E-state index in [0.29, 0.717) is 5.52 Å². The van der Waals surface area contributed by atoms with Gasteiger partial charge >= 0.3 is 0 Å². The van der Waals surface area contributed by atoms with Crippen molar-refractivity contribution in [1.29, 1.82) is 0 Å². The van der Waals surface area contributed by atoms with Crippen molar-refractivity contribution < 1.29 is 22.0 Å². The van der Waals surface area contributed by atoms with Crippen molar-refractivity contribution in [2.75, 3.05) is 10.5 Å². The van der Waals surface area contributed by atoms with Gasteiger partial charge in [0.25, 0.3) is 15.2 Å². The van der Waals surface area contributed by atoms with Crippen LogP contribution in [0.4, 0.5) is 10.1 Å². The highest BCUT2D eigenvalue weighted by molar-refractivity contribution is 7.99. The number of carbonyl (C=O) groups excluding carboxylic acids is 1. The summed E-state index contributed by atoms with van der Waals surface area (Å²) >= 11 is 7.02. The maximum Gasteiger partial charge on any atom is 0.262 e. The Labute approximate surface area is 186 Å². The lowest BCUT2D eigenvalue weighted by molar-refractivity contribution is 0.101. The minimum atomic E-state index is -3.91. The van der Waals surface area contributed by atoms with E-state index in [-0.39, 0.29) is 37.7 Å². The van der Waals surface area contributed by atoms with Gasteiger partial charge in [-0.2, -0.15) is 0 Å². The van der Waals surface area contributed by atoms with E-state index < -0.39 is 21.6 Å². The number of anilines is 1. The largest absolute Gasteiger partial charge is 0.431 e. The predicted molar refractivity (Wildman–Crippen MR) is 118 cm³/mol. The van der Waals surface area contributed by atoms with Crippen molar-refractivity contribution in [2.24, 2.45) is 0 Å². The zero-order valence-electron chi connectivity index (χ0n) is 15.7. The smallest absolute Gasteiger partial charge is 0.262 e. The van der Waals surface area contributed by atoms with Crippen LogP contribution in [0.5, 0.6) is 0 Å². The van der Waals surface area contributed by atoms with E-state index in [1.54, 1.807) is 30.3 Å². The summed E-state index contributed by atoms with van der Waals surface area (Å²) in [6.07, 6.45) is 0. The quantitative estimate of drug-likeness (QED) is 0.284. The van der Waals surface area contributed by atoms with Gasteiger partial charge in [-0.15, -0.1) is 0 Å². The van der Waals surface area contributed by atoms with Crippen molar-refractivity contribution in [3.05, 3.63) is 83.1 Å². The van der Waals surface area contributed by atoms with Crippen LogP contribution in [0.1, 0.15) is 10.4 Å². The SMILES string of the molecule is O=C(CSc1nc2ccc(S(=O)(=O)Nc3ccccc3Cl)cc2o1)c1ccccc1F. The Hall–Kier alpha value is -2.88. The minimum absolute atomic E-state index is 0.00913. The molecular formula is C21H14ClFN2O4S2. The predicted octanol–water partition coefficient (Wildman–Crippen LogP) is 5.40. The van der Waals surface area contributed by atoms with Gasteiger partial charge in [-0.3, -0.25) is 9.52 Å². The molecule has 31 heavy (non-hydrogen) atoms. The van der Waals surface area contributed by atoms with E-state index in [0.717, 1.165) is 11.8 Å². The Kier molecular flexibility index (Phi) is 5.99. The normalized spacial score (nSPS) is 11.5. The number of nitrogens with zero attached hydrogens (tertiary/aromatic N) is 1. The Bertz CT molecular complexity index is 1390. The van der Waals surface area contributed by atoms with Crippen LogP contribution >= 0.6 is 23.4 Å². The van der Waals surface area contributed by atoms with Gasteiger partial charge in [0.1, 0.15) is 11.3 Å². The number of aromatic nitrogens is 1. The zero-order chi connectivity index (χ0) is 22.0. The fraction of sp³-hybridized carbons (Fsp3) is 0.0476. The number of fused-ring (bicyclic) bond motifs is 1. The fourth-order valence-electron chi connectivity index (χ4n) is 2.75. The van der Waals surface area contributed by atoms with Crippen LogP contribution < -0.4 is 4.72 Å². The number of carbonyl (C=O) groups is 1. The van der Waals surface area contributed by atoms with Crippen molar-refractivity contribution in [2.45, 2.75) is 10.1 Å². The number of sulfonamides is 1. The lowest BCUT2D eigenvalue weighted by Gasteiger charge is -2.09. The molecule has 1 heterocycles. The highest BCUT2D eigenvalue weighted by Crippen LogP contribution is 2.28. The molecule has 4 aromatic rings. The maximum absolute atomic E-state index is 13.7. The molecule has 10 heteroatoms. The Balaban J connectivity index is 1.52. The van der Waals surface area contributed by atoms with Gasteiger partial charge in [0.15, 0.2) is 11.4 Å². The molecule has 0 radical (unpaired) electrons. The number of hydrogen-bond donors (Lipinski definition) is 1. The summed E-state index contributed by atoms with van der Waals surface area (Å²) in [4.78, 5) is 16.4. The van der Waals surface area contributed by atoms with Crippen LogP contribution in [0.15, 0.2) is 81.3 Å². The van der Waals surface area contributed by atoms with Gasteiger partial charge in [0.05, 0.1) is 26.9 Å². The van der Waals surface area contributed by atoms with Crippen LogP contribution in [0.3, 0.4) is 0 Å². The molecule has 0 saturated heterocycles. The highest BCUT2D eigenvalue weighted by atomic mass is 35.5. The third kappa shape index (κ3) is 4.73. The Morgan fingerprint density at radius 2 is 1.84 bits per heavy atom. The average Bonchev–Trinajstić information content (AvgIpc) is 3.16. The first-order chi connectivity index (χ1) is 14.8. The van der Waals surface area contributed by atoms with Crippen LogP contribution in [0.2, 0.25) is 5.02 Å². The molecule has 0 saturated carbocycles. The van der Waals surface area contributed by atoms with E-state index in [4.69, 9.17) is 16.0 Å². The molecule has 0 bridgehead atoms. The van der Waals surface area contributed by atoms with E-state index in [2.05, 4.69) is 9.71 Å². The number of nitrogens with one attached hydrogen (secondary N) is 1. The molecule has 0 spiro atoms. The monoisotopic (exact) mass is 476 g/mol. The van der Waals surface area contributed by atoms with Gasteiger partial charge in [-0.05, 0) is 36.4 Å². The number of Topliss-reactive ketones (excluding diaryl/α,β-unsaturated/α-hetero) is 1. The lowest BCUT2D eigenvalue weighted by atomic mass is 10.1. The Morgan fingerprint density at radius 1 is 1.10 bits per heavy atom. The summed E-state index contributed by atoms with van der Waals surface area (Å²) in [5, 5.41) is 0.443. The summed E-state index contributed by atoms with van der Waals surface area (Å²) in [5.74, 6) is -1.07. The van der Waals surface area contributed by atoms with Crippen LogP contribution in [0.25, 0.3) is 11.1 Å². The number of para-hydroxylation sites is 1. The van der Waals surface area contributed by atoms with Gasteiger partial charge in [0, 0.05) is 6.07 Å². The van der Waals surface area contributed by atoms with Crippen molar-refractivity contribution in [1.82, 2.24) is 4.98 Å². The molecule has 0 aliphatic carbocycles. The standard InChI is InChI=1S/C21H14ClFN2O4S2/c22-15-6-2-4-8-17(15)25-31(27,28)13-9-10-18-20(11-13)29-21(24-18)30-12-19(26)14-5-1-3-7-16(14)23/h1-11,25H,12H2. The number of ketones is 1. The van der Waals surface area contributed by atoms with E-state index in [1.165, 1.54) is 36.4 Å². The molecule has 1 N–H and O–H groups in total. The molecule has 3 aromatic carbocycles. The van der Waals surface area contributed by atoms with Crippen LogP contribution in [-0.4, -0.2) is 24.9 Å². The van der Waals surface area contributed by atoms with Crippen LogP contribution in [-0.2, 0) is 10.0 Å². The first-order valence-corrected chi connectivity index (χ1v) is 11.8. The molecule has 1 aromatic heterocycles. The summed E-state index contributed by atoms with van der Waals surface area (Å²) in [6.45, 7) is 0.